The summed E-state index contributed by atoms with van der Waals surface area (Å²) in [5, 5.41) is 5.53. The second-order valence-electron chi connectivity index (χ2n) is 7.81. The normalized spacial score (nSPS) is 10.4. The van der Waals surface area contributed by atoms with Crippen LogP contribution in [0.15, 0.2) is 110 Å². The van der Waals surface area contributed by atoms with Crippen molar-refractivity contribution >= 4 is 23.2 Å². The van der Waals surface area contributed by atoms with Gasteiger partial charge in [0, 0.05) is 22.3 Å². The molecule has 2 aromatic heterocycles. The van der Waals surface area contributed by atoms with E-state index in [4.69, 9.17) is 0 Å². The standard InChI is InChI=1S/C28H20N6O2/c35-27(33-23-15-29-25(30-16-23)19-7-3-1-4-8-19)21-11-13-22(14-12-21)28(36)34-24-17-31-26(32-18-24)20-9-5-2-6-10-20/h1-18H,(H,33,35)(H,34,36). The number of carbonyl (C=O) groups is 2. The first-order valence-electron chi connectivity index (χ1n) is 11.1. The molecule has 0 radical (unpaired) electrons. The fraction of sp³-hybridized carbons (Fsp3) is 0. The molecule has 36 heavy (non-hydrogen) atoms. The Hall–Kier alpha value is -5.24. The van der Waals surface area contributed by atoms with Crippen LogP contribution in [-0.4, -0.2) is 31.8 Å². The van der Waals surface area contributed by atoms with Gasteiger partial charge in [-0.1, -0.05) is 60.7 Å². The van der Waals surface area contributed by atoms with Gasteiger partial charge in [-0.3, -0.25) is 9.59 Å². The highest BCUT2D eigenvalue weighted by Crippen LogP contribution is 2.17. The summed E-state index contributed by atoms with van der Waals surface area (Å²) in [5.74, 6) is 0.485. The van der Waals surface area contributed by atoms with Crippen LogP contribution >= 0.6 is 0 Å². The SMILES string of the molecule is O=C(Nc1cnc(-c2ccccc2)nc1)c1ccc(C(=O)Nc2cnc(-c3ccccc3)nc2)cc1. The largest absolute Gasteiger partial charge is 0.319 e. The molecule has 0 saturated heterocycles. The maximum Gasteiger partial charge on any atom is 0.255 e. The molecule has 0 aliphatic carbocycles. The van der Waals surface area contributed by atoms with Crippen LogP contribution in [0.4, 0.5) is 11.4 Å². The lowest BCUT2D eigenvalue weighted by molar-refractivity contribution is 0.101. The van der Waals surface area contributed by atoms with Crippen LogP contribution in [0.5, 0.6) is 0 Å². The van der Waals surface area contributed by atoms with E-state index in [9.17, 15) is 9.59 Å². The predicted molar refractivity (Wildman–Crippen MR) is 137 cm³/mol. The van der Waals surface area contributed by atoms with Gasteiger partial charge in [0.1, 0.15) is 0 Å². The Morgan fingerprint density at radius 1 is 0.472 bits per heavy atom. The smallest absolute Gasteiger partial charge is 0.255 e. The van der Waals surface area contributed by atoms with Gasteiger partial charge in [-0.25, -0.2) is 19.9 Å². The Bertz CT molecular complexity index is 1360. The molecule has 2 amide bonds. The van der Waals surface area contributed by atoms with Gasteiger partial charge in [0.05, 0.1) is 36.2 Å². The lowest BCUT2D eigenvalue weighted by Crippen LogP contribution is -2.15. The topological polar surface area (TPSA) is 110 Å². The maximum absolute atomic E-state index is 12.6. The number of carbonyl (C=O) groups excluding carboxylic acids is 2. The number of benzene rings is 3. The minimum absolute atomic E-state index is 0.331. The Balaban J connectivity index is 1.19. The van der Waals surface area contributed by atoms with Gasteiger partial charge >= 0.3 is 0 Å². The number of nitrogens with zero attached hydrogens (tertiary/aromatic N) is 4. The first-order chi connectivity index (χ1) is 17.7. The summed E-state index contributed by atoms with van der Waals surface area (Å²) in [7, 11) is 0. The molecular weight excluding hydrogens is 452 g/mol. The first-order valence-corrected chi connectivity index (χ1v) is 11.1. The Morgan fingerprint density at radius 2 is 0.806 bits per heavy atom. The summed E-state index contributed by atoms with van der Waals surface area (Å²) < 4.78 is 0. The van der Waals surface area contributed by atoms with Gasteiger partial charge in [-0.2, -0.15) is 0 Å². The van der Waals surface area contributed by atoms with E-state index in [0.717, 1.165) is 11.1 Å². The molecule has 0 saturated carbocycles. The van der Waals surface area contributed by atoms with Crippen LogP contribution in [0.25, 0.3) is 22.8 Å². The van der Waals surface area contributed by atoms with E-state index >= 15 is 0 Å². The summed E-state index contributed by atoms with van der Waals surface area (Å²) >= 11 is 0. The van der Waals surface area contributed by atoms with Crippen molar-refractivity contribution in [3.05, 3.63) is 121 Å². The van der Waals surface area contributed by atoms with E-state index in [-0.39, 0.29) is 11.8 Å². The average molecular weight is 473 g/mol. The van der Waals surface area contributed by atoms with Crippen LogP contribution in [0.1, 0.15) is 20.7 Å². The van der Waals surface area contributed by atoms with Crippen molar-refractivity contribution in [1.82, 2.24) is 19.9 Å². The average Bonchev–Trinajstić information content (AvgIpc) is 2.95. The second-order valence-corrected chi connectivity index (χ2v) is 7.81. The highest BCUT2D eigenvalue weighted by Gasteiger charge is 2.11. The number of amides is 2. The van der Waals surface area contributed by atoms with Crippen molar-refractivity contribution in [3.63, 3.8) is 0 Å². The van der Waals surface area contributed by atoms with E-state index in [1.807, 2.05) is 60.7 Å². The minimum Gasteiger partial charge on any atom is -0.319 e. The lowest BCUT2D eigenvalue weighted by Gasteiger charge is -2.08. The van der Waals surface area contributed by atoms with Crippen molar-refractivity contribution < 1.29 is 9.59 Å². The summed E-state index contributed by atoms with van der Waals surface area (Å²) in [5.41, 5.74) is 3.52. The van der Waals surface area contributed by atoms with Crippen LogP contribution in [0.3, 0.4) is 0 Å². The van der Waals surface area contributed by atoms with Gasteiger partial charge in [-0.15, -0.1) is 0 Å². The molecule has 8 heteroatoms. The Labute approximate surface area is 207 Å². The first kappa shape index (κ1) is 22.5. The molecule has 0 unspecified atom stereocenters. The molecule has 5 rings (SSSR count). The van der Waals surface area contributed by atoms with Crippen molar-refractivity contribution in [2.45, 2.75) is 0 Å². The van der Waals surface area contributed by atoms with Crippen molar-refractivity contribution in [3.8, 4) is 22.8 Å². The van der Waals surface area contributed by atoms with Gasteiger partial charge in [0.15, 0.2) is 11.6 Å². The van der Waals surface area contributed by atoms with Crippen LogP contribution in [0, 0.1) is 0 Å². The third kappa shape index (κ3) is 5.28. The molecule has 8 nitrogen and oxygen atoms in total. The summed E-state index contributed by atoms with van der Waals surface area (Å²) in [6.07, 6.45) is 6.22. The maximum atomic E-state index is 12.6. The molecule has 5 aromatic rings. The molecular formula is C28H20N6O2. The van der Waals surface area contributed by atoms with Crippen LogP contribution < -0.4 is 10.6 Å². The van der Waals surface area contributed by atoms with E-state index in [2.05, 4.69) is 30.6 Å². The van der Waals surface area contributed by atoms with Gasteiger partial charge in [-0.05, 0) is 24.3 Å². The van der Waals surface area contributed by atoms with E-state index in [1.54, 1.807) is 49.1 Å². The fourth-order valence-corrected chi connectivity index (χ4v) is 3.44. The van der Waals surface area contributed by atoms with Gasteiger partial charge < -0.3 is 10.6 Å². The monoisotopic (exact) mass is 472 g/mol. The molecule has 0 aliphatic heterocycles. The quantitative estimate of drug-likeness (QED) is 0.356. The molecule has 2 heterocycles. The van der Waals surface area contributed by atoms with Crippen molar-refractivity contribution in [2.75, 3.05) is 10.6 Å². The minimum atomic E-state index is -0.331. The van der Waals surface area contributed by atoms with Crippen LogP contribution in [-0.2, 0) is 0 Å². The highest BCUT2D eigenvalue weighted by molar-refractivity contribution is 6.07. The van der Waals surface area contributed by atoms with Gasteiger partial charge in [0.2, 0.25) is 0 Å². The molecule has 2 N–H and O–H groups in total. The highest BCUT2D eigenvalue weighted by atomic mass is 16.2. The van der Waals surface area contributed by atoms with E-state index < -0.39 is 0 Å². The molecule has 3 aromatic carbocycles. The second kappa shape index (κ2) is 10.4. The molecule has 174 valence electrons. The fourth-order valence-electron chi connectivity index (χ4n) is 3.44. The van der Waals surface area contributed by atoms with Crippen molar-refractivity contribution in [2.24, 2.45) is 0 Å². The molecule has 0 fully saturated rings. The molecule has 0 aliphatic rings. The Kier molecular flexibility index (Phi) is 6.48. The third-order valence-corrected chi connectivity index (χ3v) is 5.29. The Morgan fingerprint density at radius 3 is 1.14 bits per heavy atom. The summed E-state index contributed by atoms with van der Waals surface area (Å²) in [6.45, 7) is 0. The predicted octanol–water partition coefficient (Wildman–Crippen LogP) is 5.11. The van der Waals surface area contributed by atoms with E-state index in [1.165, 1.54) is 0 Å². The number of anilines is 2. The number of aromatic nitrogens is 4. The number of nitrogens with one attached hydrogen (secondary N) is 2. The molecule has 0 atom stereocenters. The lowest BCUT2D eigenvalue weighted by atomic mass is 10.1. The summed E-state index contributed by atoms with van der Waals surface area (Å²) in [6, 6.07) is 25.5. The van der Waals surface area contributed by atoms with Crippen molar-refractivity contribution in [1.29, 1.82) is 0 Å². The van der Waals surface area contributed by atoms with E-state index in [0.29, 0.717) is 34.2 Å². The van der Waals surface area contributed by atoms with Crippen LogP contribution in [0.2, 0.25) is 0 Å². The number of rotatable bonds is 6. The number of hydrogen-bond acceptors (Lipinski definition) is 6. The molecule has 0 spiro atoms. The zero-order valence-electron chi connectivity index (χ0n) is 19.0. The summed E-state index contributed by atoms with van der Waals surface area (Å²) in [4.78, 5) is 42.4. The zero-order valence-corrected chi connectivity index (χ0v) is 19.0. The molecule has 0 bridgehead atoms. The third-order valence-electron chi connectivity index (χ3n) is 5.29. The zero-order chi connectivity index (χ0) is 24.7. The number of hydrogen-bond donors (Lipinski definition) is 2. The van der Waals surface area contributed by atoms with Gasteiger partial charge in [0.25, 0.3) is 11.8 Å².